The number of esters is 1. The largest absolute Gasteiger partial charge is 0.469 e. The first kappa shape index (κ1) is 31.1. The standard InChI is InChI=1S/C33H40FNO5/c1-21(2)32-28(16-15-26(36)17-27(37)18-30(38)39-5)31(24-11-13-25(34)14-12-24)29(33(35-32)22(3)4)20-40-19-23-9-7-6-8-10-23/h6-16,21-22,26-27,36-37H,17-20H2,1-5H3. The molecule has 2 unspecified atom stereocenters. The van der Waals surface area contributed by atoms with E-state index in [9.17, 15) is 19.4 Å². The molecule has 0 spiro atoms. The number of rotatable bonds is 13. The van der Waals surface area contributed by atoms with Crippen molar-refractivity contribution in [2.24, 2.45) is 0 Å². The van der Waals surface area contributed by atoms with E-state index < -0.39 is 18.2 Å². The third-order valence-corrected chi connectivity index (χ3v) is 6.61. The van der Waals surface area contributed by atoms with Crippen LogP contribution in [0.1, 0.15) is 80.5 Å². The van der Waals surface area contributed by atoms with Gasteiger partial charge in [0.2, 0.25) is 0 Å². The number of ether oxygens (including phenoxy) is 2. The number of pyridine rings is 1. The van der Waals surface area contributed by atoms with Gasteiger partial charge in [0.15, 0.2) is 0 Å². The highest BCUT2D eigenvalue weighted by molar-refractivity contribution is 5.80. The summed E-state index contributed by atoms with van der Waals surface area (Å²) in [5, 5.41) is 20.9. The van der Waals surface area contributed by atoms with Crippen molar-refractivity contribution in [3.05, 3.63) is 94.6 Å². The van der Waals surface area contributed by atoms with Gasteiger partial charge in [0.1, 0.15) is 5.82 Å². The van der Waals surface area contributed by atoms with Crippen LogP contribution in [0, 0.1) is 5.82 Å². The number of hydrogen-bond acceptors (Lipinski definition) is 6. The second kappa shape index (κ2) is 14.8. The number of halogens is 1. The molecule has 0 aliphatic heterocycles. The summed E-state index contributed by atoms with van der Waals surface area (Å²) in [5.41, 5.74) is 6.18. The third-order valence-electron chi connectivity index (χ3n) is 6.61. The second-order valence-corrected chi connectivity index (χ2v) is 10.5. The number of carbonyl (C=O) groups is 1. The third kappa shape index (κ3) is 8.55. The zero-order chi connectivity index (χ0) is 29.2. The van der Waals surface area contributed by atoms with Crippen molar-refractivity contribution >= 4 is 12.0 Å². The Hall–Kier alpha value is -3.39. The SMILES string of the molecule is COC(=O)CC(O)CC(O)C=Cc1c(C(C)C)nc(C(C)C)c(COCc2ccccc2)c1-c1ccc(F)cc1. The monoisotopic (exact) mass is 549 g/mol. The molecule has 0 saturated carbocycles. The first-order valence-corrected chi connectivity index (χ1v) is 13.7. The van der Waals surface area contributed by atoms with Gasteiger partial charge in [-0.25, -0.2) is 4.39 Å². The average molecular weight is 550 g/mol. The van der Waals surface area contributed by atoms with E-state index in [4.69, 9.17) is 9.72 Å². The molecule has 40 heavy (non-hydrogen) atoms. The van der Waals surface area contributed by atoms with E-state index in [1.165, 1.54) is 19.2 Å². The summed E-state index contributed by atoms with van der Waals surface area (Å²) in [6.07, 6.45) is 1.12. The molecule has 2 N–H and O–H groups in total. The molecule has 0 aliphatic rings. The first-order chi connectivity index (χ1) is 19.1. The van der Waals surface area contributed by atoms with Gasteiger partial charge in [-0.05, 0) is 40.7 Å². The fraction of sp³-hybridized carbons (Fsp3) is 0.394. The van der Waals surface area contributed by atoms with Gasteiger partial charge in [0.25, 0.3) is 0 Å². The molecule has 1 heterocycles. The number of nitrogens with zero attached hydrogens (tertiary/aromatic N) is 1. The Morgan fingerprint density at radius 1 is 0.950 bits per heavy atom. The van der Waals surface area contributed by atoms with Crippen LogP contribution < -0.4 is 0 Å². The van der Waals surface area contributed by atoms with E-state index in [0.717, 1.165) is 39.2 Å². The number of aliphatic hydroxyl groups excluding tert-OH is 2. The summed E-state index contributed by atoms with van der Waals surface area (Å²) < 4.78 is 24.8. The Kier molecular flexibility index (Phi) is 11.6. The van der Waals surface area contributed by atoms with E-state index in [0.29, 0.717) is 13.2 Å². The maximum Gasteiger partial charge on any atom is 0.308 e. The zero-order valence-corrected chi connectivity index (χ0v) is 23.9. The lowest BCUT2D eigenvalue weighted by Crippen LogP contribution is -2.20. The van der Waals surface area contributed by atoms with Gasteiger partial charge >= 0.3 is 5.97 Å². The minimum absolute atomic E-state index is 0.0287. The maximum atomic E-state index is 14.0. The molecular weight excluding hydrogens is 509 g/mol. The molecule has 0 aliphatic carbocycles. The summed E-state index contributed by atoms with van der Waals surface area (Å²) in [6, 6.07) is 16.3. The normalized spacial score (nSPS) is 13.2. The highest BCUT2D eigenvalue weighted by atomic mass is 19.1. The average Bonchev–Trinajstić information content (AvgIpc) is 2.92. The molecule has 0 fully saturated rings. The van der Waals surface area contributed by atoms with Crippen LogP contribution in [0.4, 0.5) is 4.39 Å². The number of aliphatic hydroxyl groups is 2. The van der Waals surface area contributed by atoms with Crippen molar-refractivity contribution < 1.29 is 28.9 Å². The Bertz CT molecular complexity index is 1270. The number of carbonyl (C=O) groups excluding carboxylic acids is 1. The molecule has 1 aromatic heterocycles. The lowest BCUT2D eigenvalue weighted by Gasteiger charge is -2.24. The molecule has 0 bridgehead atoms. The van der Waals surface area contributed by atoms with Crippen molar-refractivity contribution in [3.8, 4) is 11.1 Å². The first-order valence-electron chi connectivity index (χ1n) is 13.7. The van der Waals surface area contributed by atoms with Crippen LogP contribution in [0.25, 0.3) is 17.2 Å². The topological polar surface area (TPSA) is 88.9 Å². The lowest BCUT2D eigenvalue weighted by atomic mass is 9.87. The summed E-state index contributed by atoms with van der Waals surface area (Å²) in [4.78, 5) is 16.6. The van der Waals surface area contributed by atoms with Gasteiger partial charge in [-0.3, -0.25) is 9.78 Å². The minimum Gasteiger partial charge on any atom is -0.469 e. The molecule has 214 valence electrons. The van der Waals surface area contributed by atoms with Crippen molar-refractivity contribution in [2.45, 2.75) is 77.8 Å². The molecule has 3 aromatic rings. The molecule has 0 amide bonds. The van der Waals surface area contributed by atoms with Gasteiger partial charge in [0.05, 0.1) is 44.6 Å². The molecular formula is C33H40FNO5. The van der Waals surface area contributed by atoms with Crippen molar-refractivity contribution in [3.63, 3.8) is 0 Å². The van der Waals surface area contributed by atoms with Crippen LogP contribution in [0.2, 0.25) is 0 Å². The second-order valence-electron chi connectivity index (χ2n) is 10.5. The van der Waals surface area contributed by atoms with E-state index in [-0.39, 0.29) is 30.5 Å². The highest BCUT2D eigenvalue weighted by Gasteiger charge is 2.23. The zero-order valence-electron chi connectivity index (χ0n) is 23.9. The van der Waals surface area contributed by atoms with Gasteiger partial charge in [-0.1, -0.05) is 82.3 Å². The predicted molar refractivity (Wildman–Crippen MR) is 155 cm³/mol. The molecule has 0 saturated heterocycles. The molecule has 3 rings (SSSR count). The van der Waals surface area contributed by atoms with E-state index in [1.807, 2.05) is 30.3 Å². The lowest BCUT2D eigenvalue weighted by molar-refractivity contribution is -0.143. The van der Waals surface area contributed by atoms with Crippen molar-refractivity contribution in [1.82, 2.24) is 4.98 Å². The van der Waals surface area contributed by atoms with Crippen LogP contribution in [-0.4, -0.2) is 40.5 Å². The van der Waals surface area contributed by atoms with Crippen LogP contribution in [0.3, 0.4) is 0 Å². The molecule has 0 radical (unpaired) electrons. The quantitative estimate of drug-likeness (QED) is 0.235. The Morgan fingerprint density at radius 2 is 1.60 bits per heavy atom. The van der Waals surface area contributed by atoms with E-state index >= 15 is 0 Å². The van der Waals surface area contributed by atoms with Gasteiger partial charge < -0.3 is 19.7 Å². The predicted octanol–water partition coefficient (Wildman–Crippen LogP) is 6.54. The van der Waals surface area contributed by atoms with E-state index in [2.05, 4.69) is 32.4 Å². The van der Waals surface area contributed by atoms with Crippen LogP contribution in [0.5, 0.6) is 0 Å². The van der Waals surface area contributed by atoms with Crippen LogP contribution in [-0.2, 0) is 27.5 Å². The minimum atomic E-state index is -1.04. The smallest absolute Gasteiger partial charge is 0.308 e. The number of methoxy groups -OCH3 is 1. The molecule has 2 aromatic carbocycles. The number of benzene rings is 2. The molecule has 6 nitrogen and oxygen atoms in total. The summed E-state index contributed by atoms with van der Waals surface area (Å²) in [6.45, 7) is 9.00. The fourth-order valence-corrected chi connectivity index (χ4v) is 4.62. The van der Waals surface area contributed by atoms with Gasteiger partial charge in [-0.2, -0.15) is 0 Å². The molecule has 7 heteroatoms. The van der Waals surface area contributed by atoms with Gasteiger partial charge in [0, 0.05) is 23.2 Å². The van der Waals surface area contributed by atoms with Crippen molar-refractivity contribution in [2.75, 3.05) is 7.11 Å². The number of aromatic nitrogens is 1. The Morgan fingerprint density at radius 3 is 2.20 bits per heavy atom. The summed E-state index contributed by atoms with van der Waals surface area (Å²) in [5.74, 6) is -0.722. The van der Waals surface area contributed by atoms with Crippen LogP contribution in [0.15, 0.2) is 60.7 Å². The Labute approximate surface area is 236 Å². The van der Waals surface area contributed by atoms with Gasteiger partial charge in [-0.15, -0.1) is 0 Å². The summed E-state index contributed by atoms with van der Waals surface area (Å²) >= 11 is 0. The van der Waals surface area contributed by atoms with E-state index in [1.54, 1.807) is 24.3 Å². The molecule has 2 atom stereocenters. The number of hydrogen-bond donors (Lipinski definition) is 2. The van der Waals surface area contributed by atoms with Crippen molar-refractivity contribution in [1.29, 1.82) is 0 Å². The Balaban J connectivity index is 2.10. The fourth-order valence-electron chi connectivity index (χ4n) is 4.62. The maximum absolute atomic E-state index is 14.0. The highest BCUT2D eigenvalue weighted by Crippen LogP contribution is 2.38. The van der Waals surface area contributed by atoms with Crippen LogP contribution >= 0.6 is 0 Å². The summed E-state index contributed by atoms with van der Waals surface area (Å²) in [7, 11) is 1.25.